The Morgan fingerprint density at radius 2 is 1.50 bits per heavy atom. The molecule has 0 spiro atoms. The number of piperidine rings is 1. The minimum atomic E-state index is -2.60. The highest BCUT2D eigenvalue weighted by molar-refractivity contribution is 6.99. The zero-order chi connectivity index (χ0) is 29.9. The van der Waals surface area contributed by atoms with Gasteiger partial charge in [-0.3, -0.25) is 24.0 Å². The average molecular weight is 586 g/mol. The van der Waals surface area contributed by atoms with E-state index in [0.29, 0.717) is 38.2 Å². The molecular formula is C33H39N3O5Si. The van der Waals surface area contributed by atoms with Crippen LogP contribution in [0.25, 0.3) is 11.0 Å². The van der Waals surface area contributed by atoms with E-state index in [0.717, 1.165) is 11.1 Å². The first kappa shape index (κ1) is 29.7. The van der Waals surface area contributed by atoms with Gasteiger partial charge in [0.25, 0.3) is 8.32 Å². The highest BCUT2D eigenvalue weighted by Crippen LogP contribution is 2.36. The number of nitrogens with zero attached hydrogens (tertiary/aromatic N) is 2. The van der Waals surface area contributed by atoms with E-state index in [1.807, 2.05) is 30.3 Å². The number of ether oxygens (including phenoxy) is 1. The second-order valence-corrected chi connectivity index (χ2v) is 16.2. The molecule has 0 saturated carbocycles. The summed E-state index contributed by atoms with van der Waals surface area (Å²) in [5.41, 5.74) is 2.19. The summed E-state index contributed by atoms with van der Waals surface area (Å²) in [6.45, 7) is 8.25. The molecule has 0 bridgehead atoms. The number of aromatic nitrogens is 2. The van der Waals surface area contributed by atoms with E-state index in [1.54, 1.807) is 11.6 Å². The first-order valence-corrected chi connectivity index (χ1v) is 16.4. The number of imide groups is 1. The predicted octanol–water partition coefficient (Wildman–Crippen LogP) is 3.45. The van der Waals surface area contributed by atoms with Crippen LogP contribution in [-0.4, -0.2) is 49.1 Å². The molecule has 4 aromatic rings. The zero-order valence-corrected chi connectivity index (χ0v) is 25.8. The highest BCUT2D eigenvalue weighted by Gasteiger charge is 2.50. The van der Waals surface area contributed by atoms with E-state index in [1.165, 1.54) is 14.9 Å². The first-order chi connectivity index (χ1) is 20.1. The van der Waals surface area contributed by atoms with Crippen LogP contribution in [0.4, 0.5) is 0 Å². The van der Waals surface area contributed by atoms with E-state index in [2.05, 4.69) is 74.6 Å². The van der Waals surface area contributed by atoms with E-state index in [4.69, 9.17) is 9.16 Å². The number of carbonyl (C=O) groups is 2. The minimum absolute atomic E-state index is 0.0920. The van der Waals surface area contributed by atoms with Gasteiger partial charge in [0.15, 0.2) is 0 Å². The number of fused-ring (bicyclic) bond motifs is 1. The second-order valence-electron chi connectivity index (χ2n) is 11.9. The lowest BCUT2D eigenvalue weighted by Crippen LogP contribution is -2.66. The van der Waals surface area contributed by atoms with Crippen molar-refractivity contribution in [1.29, 1.82) is 0 Å². The topological polar surface area (TPSA) is 91.6 Å². The smallest absolute Gasteiger partial charge is 0.329 e. The number of hydrogen-bond acceptors (Lipinski definition) is 5. The van der Waals surface area contributed by atoms with Gasteiger partial charge in [-0.1, -0.05) is 87.5 Å². The molecule has 3 aromatic carbocycles. The number of rotatable bonds is 10. The fourth-order valence-electron chi connectivity index (χ4n) is 6.10. The van der Waals surface area contributed by atoms with Crippen LogP contribution in [0.2, 0.25) is 5.04 Å². The number of hydrogen-bond donors (Lipinski definition) is 1. The van der Waals surface area contributed by atoms with Crippen molar-refractivity contribution in [3.63, 3.8) is 0 Å². The second kappa shape index (κ2) is 12.2. The molecule has 9 heteroatoms. The van der Waals surface area contributed by atoms with Crippen LogP contribution in [0.15, 0.2) is 83.7 Å². The Kier molecular flexibility index (Phi) is 8.63. The standard InChI is InChI=1S/C33H39N3O5Si/c1-33(2,3)42(25-11-7-5-8-12-25,26-13-9-6-10-14-26)41-22-21-40-20-19-24-15-16-27-29(23-24)35(4)32(39)36(27)28-17-18-30(37)34-31(28)38/h5-16,23,28H,17-22H2,1-4H3,(H,34,37,38). The van der Waals surface area contributed by atoms with E-state index in [9.17, 15) is 14.4 Å². The molecule has 0 radical (unpaired) electrons. The maximum Gasteiger partial charge on any atom is 0.329 e. The fraction of sp³-hybridized carbons (Fsp3) is 0.364. The molecule has 1 saturated heterocycles. The van der Waals surface area contributed by atoms with Crippen LogP contribution in [0.3, 0.4) is 0 Å². The number of benzene rings is 3. The minimum Gasteiger partial charge on any atom is -0.405 e. The van der Waals surface area contributed by atoms with Crippen molar-refractivity contribution in [3.8, 4) is 0 Å². The molecule has 2 amide bonds. The molecule has 1 unspecified atom stereocenters. The molecule has 2 heterocycles. The summed E-state index contributed by atoms with van der Waals surface area (Å²) in [5.74, 6) is -0.734. The summed E-state index contributed by atoms with van der Waals surface area (Å²) in [5, 5.41) is 4.74. The van der Waals surface area contributed by atoms with Crippen LogP contribution >= 0.6 is 0 Å². The van der Waals surface area contributed by atoms with Crippen molar-refractivity contribution in [1.82, 2.24) is 14.5 Å². The monoisotopic (exact) mass is 585 g/mol. The van der Waals surface area contributed by atoms with Crippen molar-refractivity contribution in [2.24, 2.45) is 7.05 Å². The third kappa shape index (κ3) is 5.64. The highest BCUT2D eigenvalue weighted by atomic mass is 28.4. The summed E-state index contributed by atoms with van der Waals surface area (Å²) in [6, 6.07) is 26.3. The first-order valence-electron chi connectivity index (χ1n) is 14.5. The van der Waals surface area contributed by atoms with Crippen LogP contribution in [0.5, 0.6) is 0 Å². The van der Waals surface area contributed by atoms with Crippen molar-refractivity contribution in [2.75, 3.05) is 19.8 Å². The van der Waals surface area contributed by atoms with Gasteiger partial charge in [-0.15, -0.1) is 0 Å². The van der Waals surface area contributed by atoms with E-state index in [-0.39, 0.29) is 23.1 Å². The number of nitrogens with one attached hydrogen (secondary N) is 1. The average Bonchev–Trinajstić information content (AvgIpc) is 3.22. The maximum atomic E-state index is 13.0. The van der Waals surface area contributed by atoms with Crippen molar-refractivity contribution >= 4 is 41.5 Å². The summed E-state index contributed by atoms with van der Waals surface area (Å²) in [6.07, 6.45) is 1.20. The molecule has 1 N–H and O–H groups in total. The van der Waals surface area contributed by atoms with Crippen LogP contribution in [0.1, 0.15) is 45.2 Å². The summed E-state index contributed by atoms with van der Waals surface area (Å²) < 4.78 is 16.0. The van der Waals surface area contributed by atoms with Gasteiger partial charge in [0.1, 0.15) is 6.04 Å². The largest absolute Gasteiger partial charge is 0.405 e. The van der Waals surface area contributed by atoms with Crippen LogP contribution in [-0.2, 0) is 32.2 Å². The SMILES string of the molecule is Cn1c(=O)n(C2CCC(=O)NC2=O)c2ccc(CCOCCO[Si](c3ccccc3)(c3ccccc3)C(C)(C)C)cc21. The molecule has 0 aliphatic carbocycles. The Balaban J connectivity index is 1.25. The summed E-state index contributed by atoms with van der Waals surface area (Å²) >= 11 is 0. The van der Waals surface area contributed by atoms with Crippen LogP contribution in [0, 0.1) is 0 Å². The Bertz CT molecular complexity index is 1580. The van der Waals surface area contributed by atoms with Crippen molar-refractivity contribution < 1.29 is 18.8 Å². The molecule has 5 rings (SSSR count). The van der Waals surface area contributed by atoms with Gasteiger partial charge in [0.2, 0.25) is 11.8 Å². The normalized spacial score (nSPS) is 16.1. The summed E-state index contributed by atoms with van der Waals surface area (Å²) in [4.78, 5) is 37.1. The molecular weight excluding hydrogens is 546 g/mol. The maximum absolute atomic E-state index is 13.0. The van der Waals surface area contributed by atoms with Gasteiger partial charge in [-0.05, 0) is 45.9 Å². The van der Waals surface area contributed by atoms with Gasteiger partial charge in [-0.2, -0.15) is 0 Å². The van der Waals surface area contributed by atoms with Gasteiger partial charge in [0.05, 0.1) is 30.9 Å². The van der Waals surface area contributed by atoms with E-state index >= 15 is 0 Å². The number of aryl methyl sites for hydroxylation is 1. The lowest BCUT2D eigenvalue weighted by Gasteiger charge is -2.43. The predicted molar refractivity (Wildman–Crippen MR) is 167 cm³/mol. The van der Waals surface area contributed by atoms with Gasteiger partial charge in [-0.25, -0.2) is 4.79 Å². The van der Waals surface area contributed by atoms with Crippen molar-refractivity contribution in [2.45, 2.75) is 51.1 Å². The molecule has 8 nitrogen and oxygen atoms in total. The van der Waals surface area contributed by atoms with Gasteiger partial charge < -0.3 is 9.16 Å². The number of carbonyl (C=O) groups excluding carboxylic acids is 2. The lowest BCUT2D eigenvalue weighted by molar-refractivity contribution is -0.135. The molecule has 42 heavy (non-hydrogen) atoms. The number of imidazole rings is 1. The molecule has 1 atom stereocenters. The molecule has 1 aliphatic heterocycles. The molecule has 1 fully saturated rings. The Morgan fingerprint density at radius 1 is 0.857 bits per heavy atom. The van der Waals surface area contributed by atoms with Gasteiger partial charge in [0, 0.05) is 13.5 Å². The zero-order valence-electron chi connectivity index (χ0n) is 24.8. The van der Waals surface area contributed by atoms with Crippen molar-refractivity contribution in [3.05, 3.63) is 94.9 Å². The lowest BCUT2D eigenvalue weighted by atomic mass is 10.1. The Hall–Kier alpha value is -3.79. The quantitative estimate of drug-likeness (QED) is 0.175. The van der Waals surface area contributed by atoms with Gasteiger partial charge >= 0.3 is 5.69 Å². The molecule has 220 valence electrons. The third-order valence-corrected chi connectivity index (χ3v) is 13.2. The molecule has 1 aromatic heterocycles. The van der Waals surface area contributed by atoms with Crippen LogP contribution < -0.4 is 21.4 Å². The Labute approximate surface area is 247 Å². The van der Waals surface area contributed by atoms with E-state index < -0.39 is 20.3 Å². The Morgan fingerprint density at radius 3 is 2.10 bits per heavy atom. The summed E-state index contributed by atoms with van der Waals surface area (Å²) in [7, 11) is -0.895. The third-order valence-electron chi connectivity index (χ3n) is 8.17. The molecule has 1 aliphatic rings. The number of amides is 2. The fourth-order valence-corrected chi connectivity index (χ4v) is 10.6.